The molecule has 3 aliphatic heterocycles. The Morgan fingerprint density at radius 2 is 2.00 bits per heavy atom. The number of alkyl halides is 1. The Morgan fingerprint density at radius 3 is 2.73 bits per heavy atom. The Labute approximate surface area is 298 Å². The number of nitrogens with zero attached hydrogens (tertiary/aromatic N) is 7. The first-order valence-electron chi connectivity index (χ1n) is 17.0. The lowest BCUT2D eigenvalue weighted by Crippen LogP contribution is -2.49. The summed E-state index contributed by atoms with van der Waals surface area (Å²) in [5, 5.41) is 21.8. The highest BCUT2D eigenvalue weighted by Crippen LogP contribution is 2.44. The quantitative estimate of drug-likeness (QED) is 0.208. The van der Waals surface area contributed by atoms with Crippen LogP contribution in [0.2, 0.25) is 0 Å². The van der Waals surface area contributed by atoms with Gasteiger partial charge in [0.1, 0.15) is 41.6 Å². The smallest absolute Gasteiger partial charge is 0.319 e. The number of halogens is 2. The fourth-order valence-electron chi connectivity index (χ4n) is 8.46. The van der Waals surface area contributed by atoms with E-state index in [4.69, 9.17) is 25.2 Å². The van der Waals surface area contributed by atoms with Gasteiger partial charge in [-0.3, -0.25) is 9.69 Å². The highest BCUT2D eigenvalue weighted by atomic mass is 32.1. The highest BCUT2D eigenvalue weighted by molar-refractivity contribution is 7.23. The van der Waals surface area contributed by atoms with Crippen molar-refractivity contribution in [3.05, 3.63) is 53.9 Å². The summed E-state index contributed by atoms with van der Waals surface area (Å²) in [6.45, 7) is 8.30. The lowest BCUT2D eigenvalue weighted by molar-refractivity contribution is -0.127. The molecule has 0 bridgehead atoms. The summed E-state index contributed by atoms with van der Waals surface area (Å²) in [6.07, 6.45) is 3.09. The molecule has 3 saturated heterocycles. The van der Waals surface area contributed by atoms with E-state index >= 15 is 4.39 Å². The third-order valence-electron chi connectivity index (χ3n) is 10.7. The summed E-state index contributed by atoms with van der Waals surface area (Å²) in [5.74, 6) is -0.195. The van der Waals surface area contributed by atoms with E-state index in [0.717, 1.165) is 30.7 Å². The molecule has 2 N–H and O–H groups in total. The molecule has 4 unspecified atom stereocenters. The van der Waals surface area contributed by atoms with Gasteiger partial charge in [0.2, 0.25) is 5.91 Å². The zero-order valence-electron chi connectivity index (χ0n) is 28.5. The summed E-state index contributed by atoms with van der Waals surface area (Å²) in [4.78, 5) is 28.7. The van der Waals surface area contributed by atoms with E-state index < -0.39 is 17.5 Å². The number of nitriles is 2. The lowest BCUT2D eigenvalue weighted by atomic mass is 9.93. The van der Waals surface area contributed by atoms with E-state index in [1.54, 1.807) is 24.1 Å². The van der Waals surface area contributed by atoms with Gasteiger partial charge < -0.3 is 25.0 Å². The maximum atomic E-state index is 15.0. The van der Waals surface area contributed by atoms with Crippen molar-refractivity contribution in [3.8, 4) is 29.3 Å². The Kier molecular flexibility index (Phi) is 9.27. The highest BCUT2D eigenvalue weighted by Gasteiger charge is 2.49. The van der Waals surface area contributed by atoms with Crippen LogP contribution in [0.3, 0.4) is 0 Å². The van der Waals surface area contributed by atoms with Crippen LogP contribution >= 0.6 is 11.3 Å². The second kappa shape index (κ2) is 13.7. The molecule has 3 aliphatic rings. The Hall–Kier alpha value is -4.89. The van der Waals surface area contributed by atoms with Crippen LogP contribution in [0.5, 0.6) is 6.01 Å². The number of likely N-dealkylation sites (tertiary alicyclic amines) is 1. The van der Waals surface area contributed by atoms with Gasteiger partial charge in [0.15, 0.2) is 0 Å². The second-order valence-corrected chi connectivity index (χ2v) is 14.4. The Morgan fingerprint density at radius 1 is 1.22 bits per heavy atom. The van der Waals surface area contributed by atoms with E-state index in [9.17, 15) is 19.7 Å². The molecule has 5 heterocycles. The first-order chi connectivity index (χ1) is 24.7. The monoisotopic (exact) mass is 712 g/mol. The van der Waals surface area contributed by atoms with Crippen molar-refractivity contribution in [1.29, 1.82) is 10.5 Å². The average molecular weight is 713 g/mol. The number of rotatable bonds is 10. The van der Waals surface area contributed by atoms with E-state index in [0.29, 0.717) is 65.7 Å². The van der Waals surface area contributed by atoms with Gasteiger partial charge in [-0.15, -0.1) is 11.3 Å². The Bertz CT molecular complexity index is 2130. The molecule has 4 aromatic rings. The predicted molar refractivity (Wildman–Crippen MR) is 192 cm³/mol. The number of ether oxygens (including phenoxy) is 2. The van der Waals surface area contributed by atoms with Crippen LogP contribution in [0, 0.1) is 28.5 Å². The third-order valence-corrected chi connectivity index (χ3v) is 11.7. The number of amides is 1. The minimum Gasteiger partial charge on any atom is -0.461 e. The molecule has 0 spiro atoms. The number of benzene rings is 2. The molecular formula is C37H38F2N8O3S. The number of thiophene rings is 1. The van der Waals surface area contributed by atoms with Gasteiger partial charge in [0.05, 0.1) is 45.6 Å². The lowest BCUT2D eigenvalue weighted by Gasteiger charge is -2.36. The maximum absolute atomic E-state index is 15.0. The molecule has 264 valence electrons. The summed E-state index contributed by atoms with van der Waals surface area (Å²) in [7, 11) is 1.59. The zero-order valence-corrected chi connectivity index (χ0v) is 29.3. The first kappa shape index (κ1) is 34.6. The van der Waals surface area contributed by atoms with Crippen molar-refractivity contribution in [1.82, 2.24) is 19.8 Å². The van der Waals surface area contributed by atoms with Gasteiger partial charge in [-0.25, -0.2) is 8.78 Å². The SMILES string of the molecule is C=CC(=O)N1CCC(N(CC)c2nc(OCC34CCCN3CC(F)C4)nc3c(C#N)c(-c4ccc(F)c5sc(N)c(C#N)c45)ccc23)C1COC. The second-order valence-electron chi connectivity index (χ2n) is 13.3. The van der Waals surface area contributed by atoms with Crippen molar-refractivity contribution in [2.45, 2.75) is 56.4 Å². The summed E-state index contributed by atoms with van der Waals surface area (Å²) >= 11 is 0.985. The number of aromatic nitrogens is 2. The molecular weight excluding hydrogens is 675 g/mol. The molecule has 0 saturated carbocycles. The van der Waals surface area contributed by atoms with Crippen LogP contribution in [0.4, 0.5) is 19.6 Å². The molecule has 3 fully saturated rings. The molecule has 2 aromatic carbocycles. The molecule has 51 heavy (non-hydrogen) atoms. The Balaban J connectivity index is 1.41. The van der Waals surface area contributed by atoms with Crippen molar-refractivity contribution >= 4 is 49.1 Å². The molecule has 7 rings (SSSR count). The maximum Gasteiger partial charge on any atom is 0.319 e. The normalized spacial score (nSPS) is 23.0. The van der Waals surface area contributed by atoms with Gasteiger partial charge >= 0.3 is 6.01 Å². The van der Waals surface area contributed by atoms with Crippen LogP contribution in [-0.4, -0.2) is 96.0 Å². The van der Waals surface area contributed by atoms with E-state index in [2.05, 4.69) is 28.5 Å². The van der Waals surface area contributed by atoms with Crippen molar-refractivity contribution in [3.63, 3.8) is 0 Å². The van der Waals surface area contributed by atoms with Gasteiger partial charge in [-0.2, -0.15) is 20.5 Å². The number of anilines is 2. The van der Waals surface area contributed by atoms with Crippen LogP contribution < -0.4 is 15.4 Å². The fourth-order valence-corrected chi connectivity index (χ4v) is 9.41. The molecule has 1 amide bonds. The van der Waals surface area contributed by atoms with Gasteiger partial charge in [-0.1, -0.05) is 18.7 Å². The van der Waals surface area contributed by atoms with Crippen LogP contribution in [-0.2, 0) is 9.53 Å². The fraction of sp³-hybridized carbons (Fsp3) is 0.432. The number of fused-ring (bicyclic) bond motifs is 3. The summed E-state index contributed by atoms with van der Waals surface area (Å²) in [5.41, 5.74) is 7.24. The number of carbonyl (C=O) groups excluding carboxylic acids is 1. The number of hydrogen-bond donors (Lipinski definition) is 1. The minimum atomic E-state index is -0.941. The summed E-state index contributed by atoms with van der Waals surface area (Å²) < 4.78 is 41.9. The molecule has 0 aliphatic carbocycles. The van der Waals surface area contributed by atoms with E-state index in [1.165, 1.54) is 12.1 Å². The van der Waals surface area contributed by atoms with Gasteiger partial charge in [0, 0.05) is 49.5 Å². The topological polar surface area (TPSA) is 145 Å². The number of nitrogen functional groups attached to an aromatic ring is 1. The number of methoxy groups -OCH3 is 1. The van der Waals surface area contributed by atoms with Crippen molar-refractivity contribution in [2.75, 3.05) is 57.1 Å². The number of carbonyl (C=O) groups is 1. The molecule has 2 aromatic heterocycles. The first-order valence-corrected chi connectivity index (χ1v) is 17.9. The number of likely N-dealkylation sites (N-methyl/N-ethyl adjacent to an activating group) is 1. The molecule has 4 atom stereocenters. The van der Waals surface area contributed by atoms with E-state index in [-0.39, 0.29) is 58.0 Å². The number of nitrogens with two attached hydrogens (primary N) is 1. The molecule has 14 heteroatoms. The molecule has 11 nitrogen and oxygen atoms in total. The standard InChI is InChI=1S/C37H38F2N8O3S/c1-4-30(48)47-14-11-28(29(47)19-49-3)46(5-2)35-24-8-7-22(23-9-10-27(39)33-31(23)26(17-41)34(42)51-33)25(16-40)32(24)43-36(44-35)50-20-37-12-6-13-45(37)18-21(38)15-37/h4,7-10,21,28-29H,1,5-6,11-15,18-20,42H2,2-3H3. The van der Waals surface area contributed by atoms with Crippen LogP contribution in [0.15, 0.2) is 36.9 Å². The predicted octanol–water partition coefficient (Wildman–Crippen LogP) is 5.56. The van der Waals surface area contributed by atoms with Gasteiger partial charge in [0.25, 0.3) is 0 Å². The van der Waals surface area contributed by atoms with Crippen LogP contribution in [0.25, 0.3) is 32.1 Å². The zero-order chi connectivity index (χ0) is 36.0. The van der Waals surface area contributed by atoms with E-state index in [1.807, 2.05) is 13.0 Å². The summed E-state index contributed by atoms with van der Waals surface area (Å²) in [6, 6.07) is 10.4. The van der Waals surface area contributed by atoms with Crippen molar-refractivity contribution in [2.24, 2.45) is 0 Å². The minimum absolute atomic E-state index is 0.0372. The third kappa shape index (κ3) is 5.72. The number of hydrogen-bond acceptors (Lipinski definition) is 11. The van der Waals surface area contributed by atoms with Crippen LogP contribution in [0.1, 0.15) is 43.7 Å². The van der Waals surface area contributed by atoms with Gasteiger partial charge in [-0.05, 0) is 56.5 Å². The van der Waals surface area contributed by atoms with Crippen molar-refractivity contribution < 1.29 is 23.0 Å². The average Bonchev–Trinajstić information content (AvgIpc) is 3.88. The molecule has 0 radical (unpaired) electrons. The largest absolute Gasteiger partial charge is 0.461 e.